The summed E-state index contributed by atoms with van der Waals surface area (Å²) in [5, 5.41) is 0.491. The van der Waals surface area contributed by atoms with Crippen LogP contribution < -0.4 is 4.74 Å². The molecule has 21 heavy (non-hydrogen) atoms. The molecule has 0 N–H and O–H groups in total. The quantitative estimate of drug-likeness (QED) is 0.343. The summed E-state index contributed by atoms with van der Waals surface area (Å²) in [5.74, 6) is -1.04. The maximum absolute atomic E-state index is 11.5. The highest BCUT2D eigenvalue weighted by molar-refractivity contribution is 6.48. The molecular weight excluding hydrogens is 339 g/mol. The molecule has 0 amide bonds. The minimum Gasteiger partial charge on any atom is -0.462 e. The second-order valence-electron chi connectivity index (χ2n) is 4.48. The van der Waals surface area contributed by atoms with Crippen LogP contribution in [0.1, 0.15) is 13.8 Å². The smallest absolute Gasteiger partial charge is 0.336 e. The first-order valence-electron chi connectivity index (χ1n) is 6.00. The number of ether oxygens (including phenoxy) is 2. The fraction of sp³-hybridized carbons (Fsp3) is 0.286. The Labute approximate surface area is 137 Å². The van der Waals surface area contributed by atoms with Gasteiger partial charge in [0, 0.05) is 24.3 Å². The predicted molar refractivity (Wildman–Crippen MR) is 82.0 cm³/mol. The molecule has 0 saturated carbocycles. The normalized spacial score (nSPS) is 11.0. The molecule has 0 fully saturated rings. The highest BCUT2D eigenvalue weighted by Gasteiger charge is 2.09. The zero-order valence-corrected chi connectivity index (χ0v) is 13.6. The second kappa shape index (κ2) is 8.27. The molecule has 0 radical (unpaired) electrons. The van der Waals surface area contributed by atoms with Gasteiger partial charge in [-0.3, -0.25) is 0 Å². The summed E-state index contributed by atoms with van der Waals surface area (Å²) in [6.45, 7) is 4.08. The van der Waals surface area contributed by atoms with Gasteiger partial charge in [0.2, 0.25) is 0 Å². The van der Waals surface area contributed by atoms with Crippen LogP contribution in [0.5, 0.6) is 5.75 Å². The first-order chi connectivity index (χ1) is 9.79. The van der Waals surface area contributed by atoms with Gasteiger partial charge in [-0.1, -0.05) is 48.7 Å². The largest absolute Gasteiger partial charge is 0.462 e. The summed E-state index contributed by atoms with van der Waals surface area (Å²) < 4.78 is 9.81. The molecule has 0 spiro atoms. The molecule has 0 aliphatic heterocycles. The fourth-order valence-corrected chi connectivity index (χ4v) is 1.75. The van der Waals surface area contributed by atoms with Crippen LogP contribution in [0.15, 0.2) is 24.3 Å². The topological polar surface area (TPSA) is 52.6 Å². The fourth-order valence-electron chi connectivity index (χ4n) is 1.17. The molecule has 4 nitrogen and oxygen atoms in total. The standard InChI is InChI=1S/C14H13Cl3O4/c1-8(2)7-20-12(18)3-4-13(19)21-9-5-10(15)14(17)11(16)6-9/h3-6,8H,7H2,1-2H3/b4-3+. The van der Waals surface area contributed by atoms with Crippen LogP contribution in [0, 0.1) is 5.92 Å². The van der Waals surface area contributed by atoms with E-state index in [2.05, 4.69) is 0 Å². The van der Waals surface area contributed by atoms with E-state index in [1.54, 1.807) is 0 Å². The zero-order chi connectivity index (χ0) is 16.0. The van der Waals surface area contributed by atoms with Gasteiger partial charge in [-0.25, -0.2) is 9.59 Å². The average Bonchev–Trinajstić information content (AvgIpc) is 2.40. The molecule has 1 aromatic rings. The molecule has 0 aromatic heterocycles. The van der Waals surface area contributed by atoms with E-state index in [0.717, 1.165) is 12.2 Å². The minimum absolute atomic E-state index is 0.125. The molecule has 0 unspecified atom stereocenters. The maximum Gasteiger partial charge on any atom is 0.336 e. The number of halogens is 3. The summed E-state index contributed by atoms with van der Waals surface area (Å²) >= 11 is 17.4. The minimum atomic E-state index is -0.758. The van der Waals surface area contributed by atoms with Crippen molar-refractivity contribution in [3.8, 4) is 5.75 Å². The Morgan fingerprint density at radius 3 is 2.14 bits per heavy atom. The van der Waals surface area contributed by atoms with Crippen LogP contribution in [0.2, 0.25) is 15.1 Å². The van der Waals surface area contributed by atoms with Crippen molar-refractivity contribution in [1.29, 1.82) is 0 Å². The van der Waals surface area contributed by atoms with Gasteiger partial charge in [0.05, 0.1) is 21.7 Å². The lowest BCUT2D eigenvalue weighted by Gasteiger charge is -2.05. The van der Waals surface area contributed by atoms with E-state index in [1.807, 2.05) is 13.8 Å². The lowest BCUT2D eigenvalue weighted by molar-refractivity contribution is -0.139. The van der Waals surface area contributed by atoms with E-state index in [0.29, 0.717) is 0 Å². The third kappa shape index (κ3) is 6.38. The first-order valence-corrected chi connectivity index (χ1v) is 7.14. The number of carbonyl (C=O) groups is 2. The molecule has 0 atom stereocenters. The Morgan fingerprint density at radius 1 is 1.10 bits per heavy atom. The molecular formula is C14H13Cl3O4. The molecule has 1 aromatic carbocycles. The van der Waals surface area contributed by atoms with Gasteiger partial charge in [-0.05, 0) is 5.92 Å². The van der Waals surface area contributed by atoms with Gasteiger partial charge in [-0.15, -0.1) is 0 Å². The van der Waals surface area contributed by atoms with Gasteiger partial charge in [0.1, 0.15) is 5.75 Å². The van der Waals surface area contributed by atoms with Crippen molar-refractivity contribution >= 4 is 46.7 Å². The summed E-state index contributed by atoms with van der Waals surface area (Å²) in [6.07, 6.45) is 1.95. The number of carbonyl (C=O) groups excluding carboxylic acids is 2. The molecule has 7 heteroatoms. The lowest BCUT2D eigenvalue weighted by Crippen LogP contribution is -2.09. The average molecular weight is 352 g/mol. The van der Waals surface area contributed by atoms with Crippen molar-refractivity contribution in [3.63, 3.8) is 0 Å². The van der Waals surface area contributed by atoms with Gasteiger partial charge >= 0.3 is 11.9 Å². The van der Waals surface area contributed by atoms with E-state index < -0.39 is 11.9 Å². The van der Waals surface area contributed by atoms with Gasteiger partial charge in [-0.2, -0.15) is 0 Å². The highest BCUT2D eigenvalue weighted by Crippen LogP contribution is 2.34. The van der Waals surface area contributed by atoms with Crippen LogP contribution >= 0.6 is 34.8 Å². The Balaban J connectivity index is 2.60. The van der Waals surface area contributed by atoms with E-state index in [-0.39, 0.29) is 33.3 Å². The van der Waals surface area contributed by atoms with Crippen LogP contribution in [0.3, 0.4) is 0 Å². The zero-order valence-electron chi connectivity index (χ0n) is 11.4. The third-order valence-electron chi connectivity index (χ3n) is 2.09. The molecule has 0 saturated heterocycles. The van der Waals surface area contributed by atoms with Crippen LogP contribution in [-0.2, 0) is 14.3 Å². The van der Waals surface area contributed by atoms with Crippen molar-refractivity contribution in [3.05, 3.63) is 39.4 Å². The van der Waals surface area contributed by atoms with Gasteiger partial charge in [0.25, 0.3) is 0 Å². The number of rotatable bonds is 5. The van der Waals surface area contributed by atoms with E-state index in [4.69, 9.17) is 44.3 Å². The molecule has 0 bridgehead atoms. The molecule has 0 aliphatic rings. The SMILES string of the molecule is CC(C)COC(=O)/C=C/C(=O)Oc1cc(Cl)c(Cl)c(Cl)c1. The molecule has 114 valence electrons. The second-order valence-corrected chi connectivity index (χ2v) is 5.67. The van der Waals surface area contributed by atoms with E-state index in [9.17, 15) is 9.59 Å². The maximum atomic E-state index is 11.5. The van der Waals surface area contributed by atoms with Crippen LogP contribution in [0.25, 0.3) is 0 Å². The third-order valence-corrected chi connectivity index (χ3v) is 3.29. The van der Waals surface area contributed by atoms with E-state index in [1.165, 1.54) is 12.1 Å². The number of hydrogen-bond acceptors (Lipinski definition) is 4. The summed E-state index contributed by atoms with van der Waals surface area (Å²) in [7, 11) is 0. The van der Waals surface area contributed by atoms with Crippen molar-refractivity contribution in [2.24, 2.45) is 5.92 Å². The summed E-state index contributed by atoms with van der Waals surface area (Å²) in [6, 6.07) is 2.69. The first kappa shape index (κ1) is 17.8. The monoisotopic (exact) mass is 350 g/mol. The van der Waals surface area contributed by atoms with Gasteiger partial charge < -0.3 is 9.47 Å². The highest BCUT2D eigenvalue weighted by atomic mass is 35.5. The number of hydrogen-bond donors (Lipinski definition) is 0. The Hall–Kier alpha value is -1.23. The van der Waals surface area contributed by atoms with Crippen molar-refractivity contribution in [2.75, 3.05) is 6.61 Å². The van der Waals surface area contributed by atoms with Crippen LogP contribution in [-0.4, -0.2) is 18.5 Å². The lowest BCUT2D eigenvalue weighted by atomic mass is 10.2. The molecule has 0 heterocycles. The van der Waals surface area contributed by atoms with Crippen LogP contribution in [0.4, 0.5) is 0 Å². The van der Waals surface area contributed by atoms with Crippen molar-refractivity contribution < 1.29 is 19.1 Å². The Morgan fingerprint density at radius 2 is 1.62 bits per heavy atom. The molecule has 1 rings (SSSR count). The van der Waals surface area contributed by atoms with E-state index >= 15 is 0 Å². The number of esters is 2. The number of benzene rings is 1. The molecule has 0 aliphatic carbocycles. The summed E-state index contributed by atoms with van der Waals surface area (Å²) in [5.41, 5.74) is 0. The Bertz CT molecular complexity index is 544. The predicted octanol–water partition coefficient (Wildman–Crippen LogP) is 4.31. The van der Waals surface area contributed by atoms with Crippen molar-refractivity contribution in [1.82, 2.24) is 0 Å². The Kier molecular flexibility index (Phi) is 7.02. The summed E-state index contributed by atoms with van der Waals surface area (Å²) in [4.78, 5) is 22.8. The van der Waals surface area contributed by atoms with Gasteiger partial charge in [0.15, 0.2) is 0 Å². The van der Waals surface area contributed by atoms with Crippen molar-refractivity contribution in [2.45, 2.75) is 13.8 Å².